The fraction of sp³-hybridized carbons (Fsp3) is 0.409. The number of rotatable bonds is 5. The van der Waals surface area contributed by atoms with E-state index in [1.54, 1.807) is 18.3 Å². The number of carbonyl (C=O) groups excluding carboxylic acids is 1. The van der Waals surface area contributed by atoms with Crippen LogP contribution in [0.2, 0.25) is 0 Å². The fourth-order valence-electron chi connectivity index (χ4n) is 3.37. The van der Waals surface area contributed by atoms with E-state index in [0.717, 1.165) is 35.6 Å². The minimum absolute atomic E-state index is 0.301. The SMILES string of the molecule is C=C1/C=N\N2C=CC(=NC2)NCC[N+](C=O)(CCCOC)CCOc2cccc1c2. The Kier molecular flexibility index (Phi) is 7.75. The number of hydrogen-bond donors (Lipinski definition) is 1. The van der Waals surface area contributed by atoms with Crippen LogP contribution in [0.4, 0.5) is 0 Å². The van der Waals surface area contributed by atoms with Crippen LogP contribution >= 0.6 is 0 Å². The number of allylic oxidation sites excluding steroid dienone is 1. The molecule has 3 aliphatic heterocycles. The van der Waals surface area contributed by atoms with Gasteiger partial charge in [-0.15, -0.1) is 0 Å². The summed E-state index contributed by atoms with van der Waals surface area (Å²) in [5.74, 6) is 1.53. The lowest BCUT2D eigenvalue weighted by atomic mass is 10.1. The Morgan fingerprint density at radius 2 is 2.30 bits per heavy atom. The molecule has 0 aliphatic carbocycles. The smallest absolute Gasteiger partial charge is 0.301 e. The predicted molar refractivity (Wildman–Crippen MR) is 118 cm³/mol. The van der Waals surface area contributed by atoms with Gasteiger partial charge in [-0.1, -0.05) is 18.7 Å². The van der Waals surface area contributed by atoms with Crippen LogP contribution in [0.1, 0.15) is 12.0 Å². The van der Waals surface area contributed by atoms with Crippen LogP contribution in [0.15, 0.2) is 53.2 Å². The molecule has 3 heterocycles. The molecule has 0 aromatic heterocycles. The summed E-state index contributed by atoms with van der Waals surface area (Å²) >= 11 is 0. The first-order chi connectivity index (χ1) is 14.6. The van der Waals surface area contributed by atoms with Gasteiger partial charge in [-0.2, -0.15) is 5.10 Å². The third-order valence-corrected chi connectivity index (χ3v) is 5.20. The van der Waals surface area contributed by atoms with E-state index in [0.29, 0.717) is 50.5 Å². The largest absolute Gasteiger partial charge is 0.488 e. The Balaban J connectivity index is 1.81. The number of quaternary nitrogens is 1. The number of hydrogen-bond acceptors (Lipinski definition) is 7. The van der Waals surface area contributed by atoms with E-state index in [4.69, 9.17) is 9.47 Å². The standard InChI is InChI=1S/C22H30N5O3/c1-19-16-25-26-9-7-22(24-17-26)23-8-11-27(18-28,10-4-13-29-2)12-14-30-21-6-3-5-20(19)15-21/h3,5-7,9,15-16,18H,1,4,8,10-14,17H2,2H3,(H,23,24)/q+1/b25-16-. The summed E-state index contributed by atoms with van der Waals surface area (Å²) in [5, 5.41) is 9.48. The fourth-order valence-corrected chi connectivity index (χ4v) is 3.37. The number of hydrazone groups is 1. The molecule has 1 amide bonds. The van der Waals surface area contributed by atoms with Gasteiger partial charge in [0.2, 0.25) is 0 Å². The Labute approximate surface area is 177 Å². The molecule has 30 heavy (non-hydrogen) atoms. The Morgan fingerprint density at radius 1 is 1.40 bits per heavy atom. The number of nitrogens with zero attached hydrogens (tertiary/aromatic N) is 4. The van der Waals surface area contributed by atoms with Crippen molar-refractivity contribution in [1.82, 2.24) is 10.3 Å². The van der Waals surface area contributed by atoms with Crippen LogP contribution in [-0.4, -0.2) is 81.1 Å². The maximum atomic E-state index is 12.1. The minimum atomic E-state index is 0.301. The van der Waals surface area contributed by atoms with Crippen LogP contribution in [0.3, 0.4) is 0 Å². The lowest BCUT2D eigenvalue weighted by Gasteiger charge is -2.32. The molecular weight excluding hydrogens is 382 g/mol. The average Bonchev–Trinajstić information content (AvgIpc) is 2.78. The van der Waals surface area contributed by atoms with E-state index in [-0.39, 0.29) is 0 Å². The lowest BCUT2D eigenvalue weighted by Crippen LogP contribution is -2.53. The Hall–Kier alpha value is -2.97. The maximum Gasteiger partial charge on any atom is 0.301 e. The zero-order chi connectivity index (χ0) is 21.2. The number of ether oxygens (including phenoxy) is 2. The molecule has 8 nitrogen and oxygen atoms in total. The van der Waals surface area contributed by atoms with Gasteiger partial charge in [-0.3, -0.25) is 9.49 Å². The Morgan fingerprint density at radius 3 is 3.07 bits per heavy atom. The third kappa shape index (κ3) is 6.01. The van der Waals surface area contributed by atoms with E-state index in [9.17, 15) is 4.79 Å². The van der Waals surface area contributed by atoms with Crippen LogP contribution in [0.25, 0.3) is 5.57 Å². The number of aliphatic imine (C=N–C) groups is 1. The summed E-state index contributed by atoms with van der Waals surface area (Å²) in [7, 11) is 1.67. The van der Waals surface area contributed by atoms with Crippen molar-refractivity contribution in [1.29, 1.82) is 0 Å². The zero-order valence-electron chi connectivity index (χ0n) is 17.5. The second kappa shape index (κ2) is 10.7. The van der Waals surface area contributed by atoms with Gasteiger partial charge in [0.1, 0.15) is 38.0 Å². The summed E-state index contributed by atoms with van der Waals surface area (Å²) < 4.78 is 11.5. The van der Waals surface area contributed by atoms with Crippen molar-refractivity contribution in [2.45, 2.75) is 6.42 Å². The summed E-state index contributed by atoms with van der Waals surface area (Å²) in [6, 6.07) is 7.75. The molecule has 0 radical (unpaired) electrons. The molecular formula is C22H30N5O3+. The number of benzene rings is 1. The van der Waals surface area contributed by atoms with Crippen molar-refractivity contribution in [3.63, 3.8) is 0 Å². The number of amides is 1. The van der Waals surface area contributed by atoms with Gasteiger partial charge in [0.15, 0.2) is 0 Å². The molecule has 4 rings (SSSR count). The molecule has 0 spiro atoms. The molecule has 0 saturated carbocycles. The minimum Gasteiger partial charge on any atom is -0.488 e. The summed E-state index contributed by atoms with van der Waals surface area (Å²) in [6.07, 6.45) is 7.31. The molecule has 1 atom stereocenters. The van der Waals surface area contributed by atoms with E-state index in [1.807, 2.05) is 36.5 Å². The first kappa shape index (κ1) is 21.7. The second-order valence-electron chi connectivity index (χ2n) is 7.35. The van der Waals surface area contributed by atoms with Crippen molar-refractivity contribution in [2.24, 2.45) is 10.1 Å². The van der Waals surface area contributed by atoms with Gasteiger partial charge < -0.3 is 14.8 Å². The van der Waals surface area contributed by atoms with Crippen LogP contribution in [-0.2, 0) is 9.53 Å². The maximum absolute atomic E-state index is 12.1. The average molecular weight is 413 g/mol. The first-order valence-electron chi connectivity index (χ1n) is 10.1. The lowest BCUT2D eigenvalue weighted by molar-refractivity contribution is -0.845. The molecule has 3 aliphatic rings. The topological polar surface area (TPSA) is 75.5 Å². The number of methoxy groups -OCH3 is 1. The van der Waals surface area contributed by atoms with Gasteiger partial charge in [-0.05, 0) is 29.3 Å². The van der Waals surface area contributed by atoms with Gasteiger partial charge in [-0.25, -0.2) is 9.79 Å². The van der Waals surface area contributed by atoms with Crippen molar-refractivity contribution >= 4 is 24.0 Å². The molecule has 8 heteroatoms. The number of carbonyl (C=O) groups is 1. The predicted octanol–water partition coefficient (Wildman–Crippen LogP) is 1.86. The van der Waals surface area contributed by atoms with Crippen molar-refractivity contribution in [3.8, 4) is 5.75 Å². The highest BCUT2D eigenvalue weighted by Gasteiger charge is 2.27. The van der Waals surface area contributed by atoms with Crippen LogP contribution < -0.4 is 10.1 Å². The third-order valence-electron chi connectivity index (χ3n) is 5.20. The highest BCUT2D eigenvalue weighted by atomic mass is 16.5. The first-order valence-corrected chi connectivity index (χ1v) is 10.1. The second-order valence-corrected chi connectivity index (χ2v) is 7.35. The molecule has 4 bridgehead atoms. The van der Waals surface area contributed by atoms with Gasteiger partial charge in [0.05, 0.1) is 25.9 Å². The number of nitrogens with one attached hydrogen (secondary N) is 1. The number of amidine groups is 1. The van der Waals surface area contributed by atoms with Gasteiger partial charge >= 0.3 is 6.41 Å². The van der Waals surface area contributed by atoms with E-state index in [2.05, 4.69) is 22.0 Å². The van der Waals surface area contributed by atoms with E-state index in [1.165, 1.54) is 0 Å². The quantitative estimate of drug-likeness (QED) is 0.346. The van der Waals surface area contributed by atoms with Crippen LogP contribution in [0.5, 0.6) is 5.75 Å². The van der Waals surface area contributed by atoms with Gasteiger partial charge in [0, 0.05) is 19.7 Å². The molecule has 1 N–H and O–H groups in total. The highest BCUT2D eigenvalue weighted by Crippen LogP contribution is 2.19. The van der Waals surface area contributed by atoms with Crippen molar-refractivity contribution in [2.75, 3.05) is 53.2 Å². The van der Waals surface area contributed by atoms with Crippen molar-refractivity contribution in [3.05, 3.63) is 48.7 Å². The zero-order valence-corrected chi connectivity index (χ0v) is 17.5. The molecule has 160 valence electrons. The molecule has 1 aromatic carbocycles. The van der Waals surface area contributed by atoms with Gasteiger partial charge in [0.25, 0.3) is 0 Å². The monoisotopic (exact) mass is 412 g/mol. The number of fused-ring (bicyclic) bond motifs is 8. The summed E-state index contributed by atoms with van der Waals surface area (Å²) in [5.41, 5.74) is 1.72. The van der Waals surface area contributed by atoms with E-state index >= 15 is 0 Å². The van der Waals surface area contributed by atoms with Crippen molar-refractivity contribution < 1.29 is 18.8 Å². The molecule has 0 fully saturated rings. The molecule has 1 aromatic rings. The molecule has 0 saturated heterocycles. The summed E-state index contributed by atoms with van der Waals surface area (Å²) in [6.45, 7) is 8.13. The normalized spacial score (nSPS) is 23.2. The highest BCUT2D eigenvalue weighted by molar-refractivity contribution is 6.08. The Bertz CT molecular complexity index is 836. The summed E-state index contributed by atoms with van der Waals surface area (Å²) in [4.78, 5) is 16.6. The van der Waals surface area contributed by atoms with Crippen LogP contribution in [0, 0.1) is 0 Å². The van der Waals surface area contributed by atoms with E-state index < -0.39 is 0 Å². The molecule has 1 unspecified atom stereocenters.